The zero-order valence-corrected chi connectivity index (χ0v) is 67.8. The second kappa shape index (κ2) is 82.4. The van der Waals surface area contributed by atoms with E-state index in [1.807, 2.05) is 21.1 Å². The molecular formula is C92H169NO8. The van der Waals surface area contributed by atoms with E-state index in [9.17, 15) is 19.5 Å². The monoisotopic (exact) mass is 1420 g/mol. The van der Waals surface area contributed by atoms with Crippen molar-refractivity contribution in [3.05, 3.63) is 72.9 Å². The number of carbonyl (C=O) groups is 3. The normalized spacial score (nSPS) is 12.9. The number of allylic oxidation sites excluding steroid dienone is 12. The lowest BCUT2D eigenvalue weighted by atomic mass is 10.0. The largest absolute Gasteiger partial charge is 0.545 e. The molecule has 0 amide bonds. The van der Waals surface area contributed by atoms with Crippen molar-refractivity contribution in [2.75, 3.05) is 47.5 Å². The highest BCUT2D eigenvalue weighted by Gasteiger charge is 2.22. The van der Waals surface area contributed by atoms with Crippen LogP contribution in [0.5, 0.6) is 0 Å². The Hall–Kier alpha value is -3.27. The molecule has 0 bridgehead atoms. The molecule has 0 aromatic heterocycles. The van der Waals surface area contributed by atoms with E-state index < -0.39 is 24.3 Å². The van der Waals surface area contributed by atoms with Crippen molar-refractivity contribution < 1.29 is 42.9 Å². The average molecular weight is 1420 g/mol. The van der Waals surface area contributed by atoms with Crippen LogP contribution >= 0.6 is 0 Å². The third kappa shape index (κ3) is 83.9. The Kier molecular flexibility index (Phi) is 79.7. The van der Waals surface area contributed by atoms with Gasteiger partial charge in [0.2, 0.25) is 0 Å². The summed E-state index contributed by atoms with van der Waals surface area (Å²) in [5, 5.41) is 11.9. The number of esters is 2. The molecule has 2 atom stereocenters. The number of rotatable bonds is 83. The molecule has 0 spiro atoms. The molecule has 0 aromatic rings. The maximum absolute atomic E-state index is 13.0. The Morgan fingerprint density at radius 1 is 0.307 bits per heavy atom. The molecule has 0 rings (SSSR count). The third-order valence-corrected chi connectivity index (χ3v) is 19.9. The molecule has 9 nitrogen and oxygen atoms in total. The minimum Gasteiger partial charge on any atom is -0.545 e. The van der Waals surface area contributed by atoms with Crippen LogP contribution in [0.4, 0.5) is 0 Å². The van der Waals surface area contributed by atoms with Gasteiger partial charge in [-0.2, -0.15) is 0 Å². The molecule has 0 aliphatic heterocycles. The van der Waals surface area contributed by atoms with Crippen molar-refractivity contribution in [2.24, 2.45) is 0 Å². The van der Waals surface area contributed by atoms with Crippen LogP contribution in [0.15, 0.2) is 72.9 Å². The van der Waals surface area contributed by atoms with Gasteiger partial charge in [0, 0.05) is 12.8 Å². The van der Waals surface area contributed by atoms with Crippen LogP contribution in [-0.2, 0) is 33.3 Å². The molecule has 0 radical (unpaired) electrons. The number of aliphatic carboxylic acids is 1. The van der Waals surface area contributed by atoms with E-state index in [0.717, 1.165) is 64.2 Å². The molecule has 9 heteroatoms. The van der Waals surface area contributed by atoms with Crippen molar-refractivity contribution >= 4 is 17.9 Å². The highest BCUT2D eigenvalue weighted by Crippen LogP contribution is 2.20. The van der Waals surface area contributed by atoms with Crippen molar-refractivity contribution in [1.29, 1.82) is 0 Å². The van der Waals surface area contributed by atoms with Crippen LogP contribution in [0.3, 0.4) is 0 Å². The molecule has 590 valence electrons. The lowest BCUT2D eigenvalue weighted by Crippen LogP contribution is -2.44. The second-order valence-corrected chi connectivity index (χ2v) is 31.2. The Labute approximate surface area is 628 Å². The molecule has 101 heavy (non-hydrogen) atoms. The molecule has 0 heterocycles. The number of carboxylic acids is 1. The fourth-order valence-electron chi connectivity index (χ4n) is 13.3. The molecule has 0 fully saturated rings. The van der Waals surface area contributed by atoms with E-state index >= 15 is 0 Å². The minimum absolute atomic E-state index is 0.150. The quantitative estimate of drug-likeness (QED) is 0.0195. The lowest BCUT2D eigenvalue weighted by molar-refractivity contribution is -0.870. The smallest absolute Gasteiger partial charge is 0.306 e. The van der Waals surface area contributed by atoms with E-state index in [-0.39, 0.29) is 32.2 Å². The Morgan fingerprint density at radius 3 is 0.851 bits per heavy atom. The van der Waals surface area contributed by atoms with Gasteiger partial charge in [0.25, 0.3) is 0 Å². The van der Waals surface area contributed by atoms with Gasteiger partial charge in [0.1, 0.15) is 13.2 Å². The first-order valence-electron chi connectivity index (χ1n) is 44.1. The summed E-state index contributed by atoms with van der Waals surface area (Å²) in [7, 11) is 5.95. The third-order valence-electron chi connectivity index (χ3n) is 19.9. The number of likely N-dealkylation sites (N-methyl/N-ethyl adjacent to an activating group) is 1. The number of ether oxygens (including phenoxy) is 4. The van der Waals surface area contributed by atoms with Crippen LogP contribution in [0.25, 0.3) is 0 Å². The van der Waals surface area contributed by atoms with Crippen molar-refractivity contribution in [3.8, 4) is 0 Å². The first kappa shape index (κ1) is 97.7. The van der Waals surface area contributed by atoms with Crippen LogP contribution in [0, 0.1) is 0 Å². The summed E-state index contributed by atoms with van der Waals surface area (Å²) in [6.07, 6.45) is 109. The number of hydrogen-bond acceptors (Lipinski definition) is 8. The fraction of sp³-hybridized carbons (Fsp3) is 0.837. The fourth-order valence-corrected chi connectivity index (χ4v) is 13.3. The number of quaternary nitrogens is 1. The van der Waals surface area contributed by atoms with Gasteiger partial charge in [-0.15, -0.1) is 0 Å². The molecule has 0 N–H and O–H groups in total. The number of hydrogen-bond donors (Lipinski definition) is 0. The second-order valence-electron chi connectivity index (χ2n) is 31.2. The van der Waals surface area contributed by atoms with Crippen molar-refractivity contribution in [1.82, 2.24) is 0 Å². The van der Waals surface area contributed by atoms with E-state index in [1.54, 1.807) is 0 Å². The minimum atomic E-state index is -1.62. The number of carbonyl (C=O) groups excluding carboxylic acids is 3. The van der Waals surface area contributed by atoms with Gasteiger partial charge in [0.15, 0.2) is 12.4 Å². The summed E-state index contributed by atoms with van der Waals surface area (Å²) < 4.78 is 22.9. The van der Waals surface area contributed by atoms with Gasteiger partial charge >= 0.3 is 11.9 Å². The van der Waals surface area contributed by atoms with Crippen molar-refractivity contribution in [2.45, 2.75) is 450 Å². The first-order chi connectivity index (χ1) is 49.6. The van der Waals surface area contributed by atoms with E-state index in [0.29, 0.717) is 23.9 Å². The van der Waals surface area contributed by atoms with Gasteiger partial charge in [-0.3, -0.25) is 9.59 Å². The predicted octanol–water partition coefficient (Wildman–Crippen LogP) is 27.4. The van der Waals surface area contributed by atoms with Gasteiger partial charge < -0.3 is 33.3 Å². The highest BCUT2D eigenvalue weighted by atomic mass is 16.7. The van der Waals surface area contributed by atoms with E-state index in [4.69, 9.17) is 18.9 Å². The molecule has 0 aromatic carbocycles. The highest BCUT2D eigenvalue weighted by molar-refractivity contribution is 5.70. The molecule has 0 aliphatic rings. The number of nitrogens with zero attached hydrogens (tertiary/aromatic N) is 1. The van der Waals surface area contributed by atoms with Gasteiger partial charge in [-0.1, -0.05) is 414 Å². The maximum Gasteiger partial charge on any atom is 0.306 e. The molecule has 0 aliphatic carbocycles. The van der Waals surface area contributed by atoms with Gasteiger partial charge in [-0.05, 0) is 83.5 Å². The first-order valence-corrected chi connectivity index (χ1v) is 44.1. The van der Waals surface area contributed by atoms with Gasteiger partial charge in [0.05, 0.1) is 40.3 Å². The van der Waals surface area contributed by atoms with Crippen LogP contribution in [0.1, 0.15) is 438 Å². The van der Waals surface area contributed by atoms with Crippen LogP contribution in [-0.4, -0.2) is 82.3 Å². The van der Waals surface area contributed by atoms with E-state index in [1.165, 1.54) is 340 Å². The summed E-state index contributed by atoms with van der Waals surface area (Å²) >= 11 is 0. The summed E-state index contributed by atoms with van der Waals surface area (Å²) in [5.41, 5.74) is 0. The average Bonchev–Trinajstić information content (AvgIpc) is 1.25. The summed E-state index contributed by atoms with van der Waals surface area (Å²) in [5.74, 6) is -2.25. The van der Waals surface area contributed by atoms with Crippen LogP contribution in [0.2, 0.25) is 0 Å². The molecular weight excluding hydrogens is 1250 g/mol. The summed E-state index contributed by atoms with van der Waals surface area (Å²) in [4.78, 5) is 37.7. The lowest BCUT2D eigenvalue weighted by Gasteiger charge is -2.26. The molecule has 0 saturated heterocycles. The molecule has 2 unspecified atom stereocenters. The Morgan fingerprint density at radius 2 is 0.564 bits per heavy atom. The van der Waals surface area contributed by atoms with Crippen LogP contribution < -0.4 is 5.11 Å². The zero-order valence-electron chi connectivity index (χ0n) is 67.8. The standard InChI is InChI=1S/C92H169NO8/c1-6-8-10-12-14-16-18-20-22-24-26-28-30-32-34-36-38-40-42-44-45-47-48-50-52-54-56-58-60-62-64-66-68-70-72-74-76-78-80-82-89(94)99-86-88(87-100-92(91(96)97)98-85-84-93(3,4)5)101-90(95)83-81-79-77-75-73-71-69-67-65-63-61-59-57-55-53-51-49-46-43-41-39-37-35-33-31-29-27-25-23-21-19-17-15-13-11-9-7-2/h9,11,15,17,21,23-24,26-27,29,33,35,88,92H,6-8,10,12-14,16,18-20,22,25,28,30-32,34,36-87H2,1-5H3/b11-9-,17-15-,23-21-,26-24-,29-27-,35-33-. The van der Waals surface area contributed by atoms with Gasteiger partial charge in [-0.25, -0.2) is 0 Å². The molecule has 0 saturated carbocycles. The SMILES string of the molecule is CC/C=C\C/C=C\C/C=C\C/C=C\C/C=C\CCCCCCCCCCCCCCCCCCCCCCCC(=O)OC(COC(=O)CCCCCCCCCCCCCCCCCCCCCCCCCCCCC/C=C\CCCCCCCCCC)COC(OCC[N+](C)(C)C)C(=O)[O-]. The zero-order chi connectivity index (χ0) is 73.2. The summed E-state index contributed by atoms with van der Waals surface area (Å²) in [6.45, 7) is 4.71. The number of carboxylic acid groups (broad SMARTS) is 1. The number of unbranched alkanes of at least 4 members (excludes halogenated alkanes) is 56. The Bertz CT molecular complexity index is 1900. The van der Waals surface area contributed by atoms with E-state index in [2.05, 4.69) is 86.8 Å². The Balaban J connectivity index is 3.91. The van der Waals surface area contributed by atoms with Crippen molar-refractivity contribution in [3.63, 3.8) is 0 Å². The predicted molar refractivity (Wildman–Crippen MR) is 435 cm³/mol. The summed E-state index contributed by atoms with van der Waals surface area (Å²) in [6, 6.07) is 0. The maximum atomic E-state index is 13.0. The topological polar surface area (TPSA) is 111 Å².